The van der Waals surface area contributed by atoms with Crippen molar-refractivity contribution in [2.75, 3.05) is 0 Å². The maximum absolute atomic E-state index is 4.54. The van der Waals surface area contributed by atoms with Gasteiger partial charge in [0.1, 0.15) is 0 Å². The predicted octanol–water partition coefficient (Wildman–Crippen LogP) is 4.16. The van der Waals surface area contributed by atoms with Crippen LogP contribution >= 0.6 is 15.9 Å². The van der Waals surface area contributed by atoms with Gasteiger partial charge in [-0.2, -0.15) is 5.10 Å². The zero-order chi connectivity index (χ0) is 14.7. The highest BCUT2D eigenvalue weighted by atomic mass is 79.9. The van der Waals surface area contributed by atoms with Gasteiger partial charge in [0.15, 0.2) is 0 Å². The van der Waals surface area contributed by atoms with E-state index in [1.807, 2.05) is 11.7 Å². The van der Waals surface area contributed by atoms with E-state index in [0.717, 1.165) is 11.0 Å². The first-order valence-electron chi connectivity index (χ1n) is 6.98. The van der Waals surface area contributed by atoms with E-state index in [0.29, 0.717) is 12.0 Å². The number of nitrogens with one attached hydrogen (secondary N) is 1. The van der Waals surface area contributed by atoms with Crippen molar-refractivity contribution < 1.29 is 0 Å². The molecule has 3 nitrogen and oxygen atoms in total. The van der Waals surface area contributed by atoms with Gasteiger partial charge in [-0.3, -0.25) is 4.68 Å². The molecule has 1 aromatic heterocycles. The molecule has 0 amide bonds. The monoisotopic (exact) mass is 335 g/mol. The molecule has 0 aliphatic carbocycles. The highest BCUT2D eigenvalue weighted by molar-refractivity contribution is 9.10. The first-order chi connectivity index (χ1) is 9.47. The van der Waals surface area contributed by atoms with Crippen molar-refractivity contribution in [1.82, 2.24) is 15.1 Å². The molecule has 108 valence electrons. The molecule has 0 saturated carbocycles. The zero-order valence-electron chi connectivity index (χ0n) is 12.5. The van der Waals surface area contributed by atoms with Gasteiger partial charge < -0.3 is 5.32 Å². The summed E-state index contributed by atoms with van der Waals surface area (Å²) in [6.45, 7) is 7.40. The molecule has 1 N–H and O–H groups in total. The standard InChI is InChI=1S/C16H22BrN3/c1-11(2)16-14(10-20(4)19-16)9-18-12(3)13-5-7-15(17)8-6-13/h5-8,10-12,18H,9H2,1-4H3/t12-/m1/s1. The Kier molecular flexibility index (Phi) is 5.00. The Morgan fingerprint density at radius 2 is 1.85 bits per heavy atom. The summed E-state index contributed by atoms with van der Waals surface area (Å²) in [5.74, 6) is 0.455. The van der Waals surface area contributed by atoms with Crippen LogP contribution in [0.2, 0.25) is 0 Å². The average molecular weight is 336 g/mol. The quantitative estimate of drug-likeness (QED) is 0.889. The largest absolute Gasteiger partial charge is 0.306 e. The second kappa shape index (κ2) is 6.55. The number of benzene rings is 1. The van der Waals surface area contributed by atoms with E-state index in [1.54, 1.807) is 0 Å². The lowest BCUT2D eigenvalue weighted by molar-refractivity contribution is 0.570. The number of halogens is 1. The molecule has 1 atom stereocenters. The second-order valence-electron chi connectivity index (χ2n) is 5.52. The Balaban J connectivity index is 2.03. The average Bonchev–Trinajstić information content (AvgIpc) is 2.78. The lowest BCUT2D eigenvalue weighted by Crippen LogP contribution is -2.18. The molecule has 20 heavy (non-hydrogen) atoms. The van der Waals surface area contributed by atoms with Crippen molar-refractivity contribution in [3.05, 3.63) is 51.8 Å². The van der Waals surface area contributed by atoms with E-state index in [4.69, 9.17) is 0 Å². The van der Waals surface area contributed by atoms with Gasteiger partial charge in [-0.1, -0.05) is 41.9 Å². The van der Waals surface area contributed by atoms with Crippen LogP contribution < -0.4 is 5.32 Å². The number of hydrogen-bond acceptors (Lipinski definition) is 2. The Hall–Kier alpha value is -1.13. The van der Waals surface area contributed by atoms with Crippen molar-refractivity contribution in [3.63, 3.8) is 0 Å². The molecule has 0 radical (unpaired) electrons. The maximum Gasteiger partial charge on any atom is 0.0694 e. The summed E-state index contributed by atoms with van der Waals surface area (Å²) in [6, 6.07) is 8.78. The fourth-order valence-corrected chi connectivity index (χ4v) is 2.57. The Labute approximate surface area is 129 Å². The van der Waals surface area contributed by atoms with Gasteiger partial charge in [0.2, 0.25) is 0 Å². The van der Waals surface area contributed by atoms with Crippen LogP contribution in [0.15, 0.2) is 34.9 Å². The van der Waals surface area contributed by atoms with Gasteiger partial charge in [-0.15, -0.1) is 0 Å². The molecule has 1 aromatic carbocycles. The maximum atomic E-state index is 4.54. The first kappa shape index (κ1) is 15.3. The Bertz CT molecular complexity index is 558. The van der Waals surface area contributed by atoms with E-state index >= 15 is 0 Å². The normalized spacial score (nSPS) is 12.9. The smallest absolute Gasteiger partial charge is 0.0694 e. The van der Waals surface area contributed by atoms with E-state index in [2.05, 4.69) is 77.6 Å². The summed E-state index contributed by atoms with van der Waals surface area (Å²) < 4.78 is 3.01. The third-order valence-corrected chi connectivity index (χ3v) is 3.98. The van der Waals surface area contributed by atoms with Crippen molar-refractivity contribution in [1.29, 1.82) is 0 Å². The molecule has 0 bridgehead atoms. The van der Waals surface area contributed by atoms with Crippen molar-refractivity contribution in [2.24, 2.45) is 7.05 Å². The topological polar surface area (TPSA) is 29.9 Å². The van der Waals surface area contributed by atoms with Crippen LogP contribution in [-0.4, -0.2) is 9.78 Å². The summed E-state index contributed by atoms with van der Waals surface area (Å²) in [5.41, 5.74) is 3.76. The molecule has 2 aromatic rings. The van der Waals surface area contributed by atoms with E-state index in [-0.39, 0.29) is 0 Å². The van der Waals surface area contributed by atoms with Crippen LogP contribution in [0, 0.1) is 0 Å². The van der Waals surface area contributed by atoms with E-state index in [9.17, 15) is 0 Å². The molecule has 0 aliphatic heterocycles. The predicted molar refractivity (Wildman–Crippen MR) is 86.7 cm³/mol. The fraction of sp³-hybridized carbons (Fsp3) is 0.438. The summed E-state index contributed by atoms with van der Waals surface area (Å²) in [7, 11) is 1.98. The lowest BCUT2D eigenvalue weighted by Gasteiger charge is -2.15. The first-order valence-corrected chi connectivity index (χ1v) is 7.78. The molecule has 1 heterocycles. The van der Waals surface area contributed by atoms with Gasteiger partial charge >= 0.3 is 0 Å². The van der Waals surface area contributed by atoms with Crippen LogP contribution in [0.4, 0.5) is 0 Å². The zero-order valence-corrected chi connectivity index (χ0v) is 14.1. The van der Waals surface area contributed by atoms with Crippen molar-refractivity contribution in [2.45, 2.75) is 39.3 Å². The minimum absolute atomic E-state index is 0.323. The number of hydrogen-bond donors (Lipinski definition) is 1. The molecule has 2 rings (SSSR count). The van der Waals surface area contributed by atoms with Gasteiger partial charge in [-0.25, -0.2) is 0 Å². The summed E-state index contributed by atoms with van der Waals surface area (Å²) in [4.78, 5) is 0. The molecule has 0 unspecified atom stereocenters. The number of rotatable bonds is 5. The van der Waals surface area contributed by atoms with Gasteiger partial charge in [-0.05, 0) is 30.5 Å². The molecular weight excluding hydrogens is 314 g/mol. The van der Waals surface area contributed by atoms with Crippen LogP contribution in [-0.2, 0) is 13.6 Å². The van der Waals surface area contributed by atoms with Crippen molar-refractivity contribution in [3.8, 4) is 0 Å². The summed E-state index contributed by atoms with van der Waals surface area (Å²) in [6.07, 6.45) is 2.11. The minimum Gasteiger partial charge on any atom is -0.306 e. The Morgan fingerprint density at radius 1 is 1.20 bits per heavy atom. The summed E-state index contributed by atoms with van der Waals surface area (Å²) >= 11 is 3.47. The van der Waals surface area contributed by atoms with Gasteiger partial charge in [0.05, 0.1) is 5.69 Å². The van der Waals surface area contributed by atoms with Crippen LogP contribution in [0.25, 0.3) is 0 Å². The van der Waals surface area contributed by atoms with Crippen LogP contribution in [0.3, 0.4) is 0 Å². The highest BCUT2D eigenvalue weighted by Crippen LogP contribution is 2.20. The molecule has 0 fully saturated rings. The lowest BCUT2D eigenvalue weighted by atomic mass is 10.1. The SMILES string of the molecule is CC(C)c1nn(C)cc1CN[C@H](C)c1ccc(Br)cc1. The van der Waals surface area contributed by atoms with Crippen LogP contribution in [0.1, 0.15) is 49.6 Å². The van der Waals surface area contributed by atoms with Crippen molar-refractivity contribution >= 4 is 15.9 Å². The third kappa shape index (κ3) is 3.70. The van der Waals surface area contributed by atoms with Gasteiger partial charge in [0.25, 0.3) is 0 Å². The molecule has 0 saturated heterocycles. The second-order valence-corrected chi connectivity index (χ2v) is 6.44. The fourth-order valence-electron chi connectivity index (χ4n) is 2.31. The van der Waals surface area contributed by atoms with Gasteiger partial charge in [0, 0.05) is 35.9 Å². The number of aromatic nitrogens is 2. The number of aryl methyl sites for hydroxylation is 1. The highest BCUT2D eigenvalue weighted by Gasteiger charge is 2.12. The molecule has 4 heteroatoms. The Morgan fingerprint density at radius 3 is 2.45 bits per heavy atom. The summed E-state index contributed by atoms with van der Waals surface area (Å²) in [5, 5.41) is 8.12. The molecular formula is C16H22BrN3. The molecule has 0 spiro atoms. The minimum atomic E-state index is 0.323. The molecule has 0 aliphatic rings. The number of nitrogens with zero attached hydrogens (tertiary/aromatic N) is 2. The third-order valence-electron chi connectivity index (χ3n) is 3.45. The van der Waals surface area contributed by atoms with Crippen LogP contribution in [0.5, 0.6) is 0 Å². The van der Waals surface area contributed by atoms with E-state index in [1.165, 1.54) is 16.8 Å². The van der Waals surface area contributed by atoms with E-state index < -0.39 is 0 Å².